The lowest BCUT2D eigenvalue weighted by Gasteiger charge is -2.18. The van der Waals surface area contributed by atoms with Gasteiger partial charge in [-0.25, -0.2) is 0 Å². The summed E-state index contributed by atoms with van der Waals surface area (Å²) >= 11 is 1.38. The van der Waals surface area contributed by atoms with E-state index in [1.165, 1.54) is 11.8 Å². The first-order chi connectivity index (χ1) is 19.0. The highest BCUT2D eigenvalue weighted by molar-refractivity contribution is 8.00. The summed E-state index contributed by atoms with van der Waals surface area (Å²) in [6.45, 7) is 0. The Morgan fingerprint density at radius 1 is 0.615 bits per heavy atom. The number of fused-ring (bicyclic) bond motifs is 1. The van der Waals surface area contributed by atoms with Crippen molar-refractivity contribution in [1.82, 2.24) is 0 Å². The molecule has 0 saturated heterocycles. The lowest BCUT2D eigenvalue weighted by molar-refractivity contribution is -0.115. The van der Waals surface area contributed by atoms with Crippen LogP contribution in [-0.4, -0.2) is 17.7 Å². The first-order valence-electron chi connectivity index (χ1n) is 12.3. The Kier molecular flexibility index (Phi) is 7.70. The summed E-state index contributed by atoms with van der Waals surface area (Å²) in [6, 6.07) is 36.8. The van der Waals surface area contributed by atoms with Crippen LogP contribution in [0.3, 0.4) is 0 Å². The van der Waals surface area contributed by atoms with E-state index in [1.54, 1.807) is 24.3 Å². The van der Waals surface area contributed by atoms with Crippen LogP contribution >= 0.6 is 11.8 Å². The molecule has 5 aromatic rings. The van der Waals surface area contributed by atoms with E-state index in [9.17, 15) is 14.4 Å². The minimum Gasteiger partial charge on any atom is -0.366 e. The van der Waals surface area contributed by atoms with Crippen molar-refractivity contribution in [2.45, 2.75) is 10.1 Å². The van der Waals surface area contributed by atoms with Gasteiger partial charge in [0, 0.05) is 27.4 Å². The predicted molar refractivity (Wildman–Crippen MR) is 157 cm³/mol. The molecule has 0 aromatic heterocycles. The normalized spacial score (nSPS) is 11.5. The second kappa shape index (κ2) is 11.7. The highest BCUT2D eigenvalue weighted by Crippen LogP contribution is 2.37. The Hall–Kier alpha value is -4.88. The SMILES string of the molecule is NC(=O)c1ccc(NC(=O)C(Sc2cccc(NC(=O)c3ccc4ccccc4c3)c2)c2ccccc2)cc1. The lowest BCUT2D eigenvalue weighted by Crippen LogP contribution is -2.19. The van der Waals surface area contributed by atoms with Gasteiger partial charge in [-0.1, -0.05) is 66.7 Å². The van der Waals surface area contributed by atoms with Gasteiger partial charge in [-0.3, -0.25) is 14.4 Å². The number of hydrogen-bond acceptors (Lipinski definition) is 4. The number of primary amides is 1. The number of thioether (sulfide) groups is 1. The van der Waals surface area contributed by atoms with Crippen LogP contribution in [-0.2, 0) is 4.79 Å². The number of rotatable bonds is 8. The summed E-state index contributed by atoms with van der Waals surface area (Å²) in [5.74, 6) is -0.957. The molecular weight excluding hydrogens is 506 g/mol. The van der Waals surface area contributed by atoms with Crippen LogP contribution in [0.25, 0.3) is 10.8 Å². The zero-order valence-corrected chi connectivity index (χ0v) is 21.7. The number of anilines is 2. The summed E-state index contributed by atoms with van der Waals surface area (Å²) in [4.78, 5) is 38.6. The molecule has 0 heterocycles. The van der Waals surface area contributed by atoms with Crippen LogP contribution in [0.1, 0.15) is 31.5 Å². The summed E-state index contributed by atoms with van der Waals surface area (Å²) in [7, 11) is 0. The molecule has 1 unspecified atom stereocenters. The zero-order chi connectivity index (χ0) is 27.2. The van der Waals surface area contributed by atoms with Gasteiger partial charge >= 0.3 is 0 Å². The first kappa shape index (κ1) is 25.8. The lowest BCUT2D eigenvalue weighted by atomic mass is 10.1. The fourth-order valence-electron chi connectivity index (χ4n) is 4.14. The number of amides is 3. The molecule has 0 saturated carbocycles. The largest absolute Gasteiger partial charge is 0.366 e. The molecule has 0 radical (unpaired) electrons. The fourth-order valence-corrected chi connectivity index (χ4v) is 5.23. The summed E-state index contributed by atoms with van der Waals surface area (Å²) in [5, 5.41) is 7.40. The molecule has 4 N–H and O–H groups in total. The van der Waals surface area contributed by atoms with Crippen molar-refractivity contribution in [1.29, 1.82) is 0 Å². The minimum absolute atomic E-state index is 0.209. The highest BCUT2D eigenvalue weighted by Gasteiger charge is 2.22. The standard InChI is InChI=1S/C32H25N3O3S/c33-30(36)23-15-17-26(18-16-23)34-32(38)29(22-8-2-1-3-9-22)39-28-12-6-11-27(20-28)35-31(37)25-14-13-21-7-4-5-10-24(21)19-25/h1-20,29H,(H2,33,36)(H,34,38)(H,35,37). The molecule has 0 fully saturated rings. The third kappa shape index (κ3) is 6.34. The third-order valence-corrected chi connectivity index (χ3v) is 7.38. The van der Waals surface area contributed by atoms with E-state index in [0.717, 1.165) is 21.2 Å². The van der Waals surface area contributed by atoms with E-state index >= 15 is 0 Å². The van der Waals surface area contributed by atoms with Gasteiger partial charge < -0.3 is 16.4 Å². The minimum atomic E-state index is -0.562. The number of nitrogens with one attached hydrogen (secondary N) is 2. The summed E-state index contributed by atoms with van der Waals surface area (Å²) in [6.07, 6.45) is 0. The molecule has 3 amide bonds. The molecular formula is C32H25N3O3S. The number of benzene rings is 5. The molecule has 5 aromatic carbocycles. The van der Waals surface area contributed by atoms with Crippen LogP contribution in [0, 0.1) is 0 Å². The quantitative estimate of drug-likeness (QED) is 0.195. The predicted octanol–water partition coefficient (Wildman–Crippen LogP) is 6.66. The van der Waals surface area contributed by atoms with Crippen molar-refractivity contribution in [3.63, 3.8) is 0 Å². The number of nitrogens with two attached hydrogens (primary N) is 1. The molecule has 192 valence electrons. The smallest absolute Gasteiger partial charge is 0.255 e. The second-order valence-electron chi connectivity index (χ2n) is 8.88. The molecule has 5 rings (SSSR count). The third-order valence-electron chi connectivity index (χ3n) is 6.13. The summed E-state index contributed by atoms with van der Waals surface area (Å²) < 4.78 is 0. The maximum atomic E-state index is 13.4. The Labute approximate surface area is 230 Å². The number of hydrogen-bond donors (Lipinski definition) is 3. The van der Waals surface area contributed by atoms with Gasteiger partial charge in [-0.05, 0) is 70.9 Å². The van der Waals surface area contributed by atoms with Gasteiger partial charge in [0.05, 0.1) is 0 Å². The van der Waals surface area contributed by atoms with Crippen molar-refractivity contribution >= 4 is 51.6 Å². The number of carbonyl (C=O) groups excluding carboxylic acids is 3. The van der Waals surface area contributed by atoms with E-state index in [0.29, 0.717) is 22.5 Å². The van der Waals surface area contributed by atoms with Crippen LogP contribution in [0.2, 0.25) is 0 Å². The van der Waals surface area contributed by atoms with Gasteiger partial charge in [-0.15, -0.1) is 11.8 Å². The molecule has 1 atom stereocenters. The van der Waals surface area contributed by atoms with Gasteiger partial charge in [-0.2, -0.15) is 0 Å². The molecule has 6 nitrogen and oxygen atoms in total. The monoisotopic (exact) mass is 531 g/mol. The average Bonchev–Trinajstić information content (AvgIpc) is 2.96. The Morgan fingerprint density at radius 3 is 2.05 bits per heavy atom. The maximum Gasteiger partial charge on any atom is 0.255 e. The van der Waals surface area contributed by atoms with Gasteiger partial charge in [0.1, 0.15) is 5.25 Å². The van der Waals surface area contributed by atoms with Crippen molar-refractivity contribution < 1.29 is 14.4 Å². The Morgan fingerprint density at radius 2 is 1.31 bits per heavy atom. The van der Waals surface area contributed by atoms with Gasteiger partial charge in [0.25, 0.3) is 5.91 Å². The topological polar surface area (TPSA) is 101 Å². The van der Waals surface area contributed by atoms with E-state index in [1.807, 2.05) is 97.1 Å². The van der Waals surface area contributed by atoms with Crippen molar-refractivity contribution in [2.24, 2.45) is 5.73 Å². The second-order valence-corrected chi connectivity index (χ2v) is 10.1. The molecule has 0 bridgehead atoms. The highest BCUT2D eigenvalue weighted by atomic mass is 32.2. The maximum absolute atomic E-state index is 13.4. The first-order valence-corrected chi connectivity index (χ1v) is 13.2. The van der Waals surface area contributed by atoms with E-state index in [2.05, 4.69) is 10.6 Å². The molecule has 39 heavy (non-hydrogen) atoms. The fraction of sp³-hybridized carbons (Fsp3) is 0.0312. The summed E-state index contributed by atoms with van der Waals surface area (Å²) in [5.41, 5.74) is 8.27. The molecule has 0 aliphatic rings. The van der Waals surface area contributed by atoms with E-state index < -0.39 is 11.2 Å². The van der Waals surface area contributed by atoms with Crippen molar-refractivity contribution in [3.8, 4) is 0 Å². The van der Waals surface area contributed by atoms with Crippen molar-refractivity contribution in [2.75, 3.05) is 10.6 Å². The van der Waals surface area contributed by atoms with Crippen LogP contribution < -0.4 is 16.4 Å². The van der Waals surface area contributed by atoms with Crippen LogP contribution in [0.15, 0.2) is 126 Å². The van der Waals surface area contributed by atoms with Crippen LogP contribution in [0.5, 0.6) is 0 Å². The van der Waals surface area contributed by atoms with Crippen molar-refractivity contribution in [3.05, 3.63) is 138 Å². The molecule has 0 aliphatic heterocycles. The molecule has 7 heteroatoms. The molecule has 0 spiro atoms. The molecule has 0 aliphatic carbocycles. The zero-order valence-electron chi connectivity index (χ0n) is 20.8. The Bertz CT molecular complexity index is 1650. The van der Waals surface area contributed by atoms with E-state index in [-0.39, 0.29) is 11.8 Å². The average molecular weight is 532 g/mol. The Balaban J connectivity index is 1.34. The number of carbonyl (C=O) groups is 3. The van der Waals surface area contributed by atoms with E-state index in [4.69, 9.17) is 5.73 Å². The van der Waals surface area contributed by atoms with Crippen LogP contribution in [0.4, 0.5) is 11.4 Å². The van der Waals surface area contributed by atoms with Gasteiger partial charge in [0.15, 0.2) is 0 Å². The van der Waals surface area contributed by atoms with Gasteiger partial charge in [0.2, 0.25) is 11.8 Å².